The fourth-order valence-electron chi connectivity index (χ4n) is 2.14. The van der Waals surface area contributed by atoms with E-state index in [0.29, 0.717) is 11.3 Å². The van der Waals surface area contributed by atoms with Crippen LogP contribution in [0.3, 0.4) is 0 Å². The Balaban J connectivity index is 2.39. The van der Waals surface area contributed by atoms with Crippen LogP contribution in [0.5, 0.6) is 5.75 Å². The van der Waals surface area contributed by atoms with E-state index >= 15 is 0 Å². The van der Waals surface area contributed by atoms with Gasteiger partial charge in [-0.25, -0.2) is 0 Å². The third-order valence-electron chi connectivity index (χ3n) is 3.22. The van der Waals surface area contributed by atoms with E-state index in [1.807, 2.05) is 32.0 Å². The summed E-state index contributed by atoms with van der Waals surface area (Å²) in [6.45, 7) is 3.85. The van der Waals surface area contributed by atoms with Crippen LogP contribution in [-0.2, 0) is 0 Å². The normalized spacial score (nSPS) is 10.3. The number of amides is 1. The second-order valence-corrected chi connectivity index (χ2v) is 4.65. The molecule has 3 nitrogen and oxygen atoms in total. The van der Waals surface area contributed by atoms with Crippen molar-refractivity contribution < 1.29 is 9.90 Å². The molecule has 0 aromatic heterocycles. The maximum Gasteiger partial charge on any atom is 0.258 e. The number of aromatic hydroxyl groups is 1. The zero-order valence-corrected chi connectivity index (χ0v) is 11.3. The van der Waals surface area contributed by atoms with Gasteiger partial charge in [0.1, 0.15) is 5.75 Å². The molecule has 0 fully saturated rings. The van der Waals surface area contributed by atoms with Gasteiger partial charge in [-0.3, -0.25) is 4.79 Å². The van der Waals surface area contributed by atoms with Crippen LogP contribution >= 0.6 is 0 Å². The minimum absolute atomic E-state index is 0.0683. The molecule has 0 heterocycles. The number of nitrogens with zero attached hydrogens (tertiary/aromatic N) is 1. The minimum atomic E-state index is -0.0683. The zero-order valence-electron chi connectivity index (χ0n) is 11.3. The molecule has 0 saturated heterocycles. The Bertz CT molecular complexity index is 600. The number of carbonyl (C=O) groups excluding carboxylic acids is 1. The Hall–Kier alpha value is -2.29. The van der Waals surface area contributed by atoms with Crippen LogP contribution in [0.1, 0.15) is 21.5 Å². The van der Waals surface area contributed by atoms with Gasteiger partial charge in [-0.05, 0) is 37.1 Å². The van der Waals surface area contributed by atoms with Gasteiger partial charge < -0.3 is 10.0 Å². The number of benzene rings is 2. The molecule has 0 saturated carbocycles. The fourth-order valence-corrected chi connectivity index (χ4v) is 2.14. The molecule has 98 valence electrons. The summed E-state index contributed by atoms with van der Waals surface area (Å²) in [5.41, 5.74) is 3.30. The summed E-state index contributed by atoms with van der Waals surface area (Å²) < 4.78 is 0. The summed E-state index contributed by atoms with van der Waals surface area (Å²) >= 11 is 0. The van der Waals surface area contributed by atoms with Gasteiger partial charge in [-0.15, -0.1) is 0 Å². The molecule has 19 heavy (non-hydrogen) atoms. The summed E-state index contributed by atoms with van der Waals surface area (Å²) in [5.74, 6) is 0.0832. The molecule has 0 aliphatic rings. The summed E-state index contributed by atoms with van der Waals surface area (Å²) in [6, 6.07) is 12.5. The van der Waals surface area contributed by atoms with Crippen molar-refractivity contribution in [3.8, 4) is 5.75 Å². The van der Waals surface area contributed by atoms with Crippen LogP contribution in [0.2, 0.25) is 0 Å². The molecular formula is C16H17NO2. The first-order valence-electron chi connectivity index (χ1n) is 6.14. The number of carbonyl (C=O) groups is 1. The third-order valence-corrected chi connectivity index (χ3v) is 3.22. The number of aryl methyl sites for hydroxylation is 2. The average molecular weight is 255 g/mol. The van der Waals surface area contributed by atoms with Gasteiger partial charge in [-0.2, -0.15) is 0 Å². The van der Waals surface area contributed by atoms with Crippen LogP contribution in [0.25, 0.3) is 0 Å². The van der Waals surface area contributed by atoms with Gasteiger partial charge in [0, 0.05) is 24.4 Å². The predicted molar refractivity (Wildman–Crippen MR) is 76.8 cm³/mol. The highest BCUT2D eigenvalue weighted by atomic mass is 16.3. The zero-order chi connectivity index (χ0) is 14.0. The molecule has 2 rings (SSSR count). The summed E-state index contributed by atoms with van der Waals surface area (Å²) in [7, 11) is 1.71. The van der Waals surface area contributed by atoms with Crippen LogP contribution in [-0.4, -0.2) is 18.1 Å². The Morgan fingerprint density at radius 1 is 1.05 bits per heavy atom. The Morgan fingerprint density at radius 2 is 1.63 bits per heavy atom. The highest BCUT2D eigenvalue weighted by Crippen LogP contribution is 2.22. The maximum atomic E-state index is 12.5. The number of phenols is 1. The van der Waals surface area contributed by atoms with Gasteiger partial charge in [0.2, 0.25) is 0 Å². The number of anilines is 1. The van der Waals surface area contributed by atoms with Gasteiger partial charge in [-0.1, -0.05) is 24.3 Å². The first-order valence-corrected chi connectivity index (χ1v) is 6.14. The standard InChI is InChI=1S/C16H17NO2/c1-11-6-4-7-12(2)15(11)16(19)17(3)13-8-5-9-14(18)10-13/h4-10,18H,1-3H3. The summed E-state index contributed by atoms with van der Waals surface area (Å²) in [4.78, 5) is 14.1. The lowest BCUT2D eigenvalue weighted by molar-refractivity contribution is 0.0992. The number of phenolic OH excluding ortho intramolecular Hbond substituents is 1. The van der Waals surface area contributed by atoms with Crippen molar-refractivity contribution >= 4 is 11.6 Å². The largest absolute Gasteiger partial charge is 0.508 e. The highest BCUT2D eigenvalue weighted by molar-refractivity contribution is 6.07. The van der Waals surface area contributed by atoms with Gasteiger partial charge in [0.15, 0.2) is 0 Å². The summed E-state index contributed by atoms with van der Waals surface area (Å²) in [5, 5.41) is 9.49. The lowest BCUT2D eigenvalue weighted by atomic mass is 10.0. The van der Waals surface area contributed by atoms with Crippen LogP contribution in [0.15, 0.2) is 42.5 Å². The van der Waals surface area contributed by atoms with E-state index < -0.39 is 0 Å². The van der Waals surface area contributed by atoms with Crippen molar-refractivity contribution in [1.29, 1.82) is 0 Å². The van der Waals surface area contributed by atoms with Crippen molar-refractivity contribution in [1.82, 2.24) is 0 Å². The predicted octanol–water partition coefficient (Wildman–Crippen LogP) is 3.29. The van der Waals surface area contributed by atoms with Gasteiger partial charge in [0.05, 0.1) is 0 Å². The average Bonchev–Trinajstić information content (AvgIpc) is 2.37. The van der Waals surface area contributed by atoms with Crippen molar-refractivity contribution in [2.75, 3.05) is 11.9 Å². The molecule has 2 aromatic rings. The maximum absolute atomic E-state index is 12.5. The molecule has 0 radical (unpaired) electrons. The molecule has 0 aliphatic carbocycles. The van der Waals surface area contributed by atoms with E-state index in [0.717, 1.165) is 11.1 Å². The summed E-state index contributed by atoms with van der Waals surface area (Å²) in [6.07, 6.45) is 0. The minimum Gasteiger partial charge on any atom is -0.508 e. The molecule has 0 aliphatic heterocycles. The molecule has 0 unspecified atom stereocenters. The number of hydrogen-bond acceptors (Lipinski definition) is 2. The second kappa shape index (κ2) is 5.14. The molecule has 1 amide bonds. The lowest BCUT2D eigenvalue weighted by Crippen LogP contribution is -2.27. The van der Waals surface area contributed by atoms with Crippen molar-refractivity contribution in [3.63, 3.8) is 0 Å². The van der Waals surface area contributed by atoms with Crippen molar-refractivity contribution in [2.24, 2.45) is 0 Å². The lowest BCUT2D eigenvalue weighted by Gasteiger charge is -2.20. The molecule has 0 atom stereocenters. The first kappa shape index (κ1) is 13.1. The van der Waals surface area contributed by atoms with E-state index in [1.54, 1.807) is 36.2 Å². The van der Waals surface area contributed by atoms with E-state index in [2.05, 4.69) is 0 Å². The van der Waals surface area contributed by atoms with Crippen LogP contribution in [0, 0.1) is 13.8 Å². The smallest absolute Gasteiger partial charge is 0.258 e. The Morgan fingerprint density at radius 3 is 2.21 bits per heavy atom. The van der Waals surface area contributed by atoms with Gasteiger partial charge >= 0.3 is 0 Å². The third kappa shape index (κ3) is 2.60. The monoisotopic (exact) mass is 255 g/mol. The highest BCUT2D eigenvalue weighted by Gasteiger charge is 2.17. The Labute approximate surface area is 113 Å². The SMILES string of the molecule is Cc1cccc(C)c1C(=O)N(C)c1cccc(O)c1. The van der Waals surface area contributed by atoms with Crippen LogP contribution in [0.4, 0.5) is 5.69 Å². The molecule has 3 heteroatoms. The molecule has 0 bridgehead atoms. The molecular weight excluding hydrogens is 238 g/mol. The van der Waals surface area contributed by atoms with Crippen molar-refractivity contribution in [3.05, 3.63) is 59.2 Å². The van der Waals surface area contributed by atoms with E-state index in [1.165, 1.54) is 0 Å². The second-order valence-electron chi connectivity index (χ2n) is 4.65. The number of hydrogen-bond donors (Lipinski definition) is 1. The topological polar surface area (TPSA) is 40.5 Å². The van der Waals surface area contributed by atoms with E-state index in [4.69, 9.17) is 0 Å². The number of rotatable bonds is 2. The van der Waals surface area contributed by atoms with E-state index in [9.17, 15) is 9.90 Å². The van der Waals surface area contributed by atoms with Crippen molar-refractivity contribution in [2.45, 2.75) is 13.8 Å². The first-order chi connectivity index (χ1) is 9.00. The van der Waals surface area contributed by atoms with Crippen LogP contribution < -0.4 is 4.90 Å². The molecule has 1 N–H and O–H groups in total. The fraction of sp³-hybridized carbons (Fsp3) is 0.188. The van der Waals surface area contributed by atoms with E-state index in [-0.39, 0.29) is 11.7 Å². The molecule has 2 aromatic carbocycles. The van der Waals surface area contributed by atoms with Gasteiger partial charge in [0.25, 0.3) is 5.91 Å². The molecule has 0 spiro atoms. The quantitative estimate of drug-likeness (QED) is 0.894. The Kier molecular flexibility index (Phi) is 3.56.